The third kappa shape index (κ3) is 3.14. The van der Waals surface area contributed by atoms with Gasteiger partial charge in [0.05, 0.1) is 11.5 Å². The SMILES string of the molecule is CC1CCC2(CC1)OC[C@@H](C(=O)O)N2C(=O)c1ccc(Cl)c([N+](=O)[O-])c1. The van der Waals surface area contributed by atoms with Gasteiger partial charge in [0.2, 0.25) is 0 Å². The lowest BCUT2D eigenvalue weighted by atomic mass is 9.83. The molecule has 1 aliphatic heterocycles. The molecule has 2 aliphatic rings. The number of benzene rings is 1. The van der Waals surface area contributed by atoms with Gasteiger partial charge in [0.1, 0.15) is 10.7 Å². The monoisotopic (exact) mass is 382 g/mol. The summed E-state index contributed by atoms with van der Waals surface area (Å²) in [6.45, 7) is 2.01. The van der Waals surface area contributed by atoms with E-state index in [9.17, 15) is 24.8 Å². The zero-order valence-corrected chi connectivity index (χ0v) is 14.9. The lowest BCUT2D eigenvalue weighted by Crippen LogP contribution is -2.55. The van der Waals surface area contributed by atoms with Crippen LogP contribution in [0.5, 0.6) is 0 Å². The van der Waals surface area contributed by atoms with Crippen molar-refractivity contribution in [2.75, 3.05) is 6.61 Å². The van der Waals surface area contributed by atoms with E-state index in [0.717, 1.165) is 18.9 Å². The number of ether oxygens (including phenoxy) is 1. The average Bonchev–Trinajstić information content (AvgIpc) is 2.96. The molecule has 0 radical (unpaired) electrons. The van der Waals surface area contributed by atoms with Gasteiger partial charge in [0.25, 0.3) is 11.6 Å². The smallest absolute Gasteiger partial charge is 0.328 e. The molecule has 1 amide bonds. The molecule has 1 atom stereocenters. The van der Waals surface area contributed by atoms with Gasteiger partial charge < -0.3 is 9.84 Å². The van der Waals surface area contributed by atoms with Crippen molar-refractivity contribution in [2.45, 2.75) is 44.4 Å². The Kier molecular flexibility index (Phi) is 4.90. The molecule has 3 rings (SSSR count). The average molecular weight is 383 g/mol. The molecule has 1 heterocycles. The topological polar surface area (TPSA) is 110 Å². The van der Waals surface area contributed by atoms with Gasteiger partial charge in [-0.25, -0.2) is 4.79 Å². The van der Waals surface area contributed by atoms with E-state index in [1.54, 1.807) is 0 Å². The van der Waals surface area contributed by atoms with Crippen LogP contribution in [0.25, 0.3) is 0 Å². The zero-order chi connectivity index (χ0) is 19.1. The Morgan fingerprint density at radius 3 is 2.62 bits per heavy atom. The molecule has 1 aromatic rings. The number of nitro groups is 1. The molecule has 1 spiro atoms. The van der Waals surface area contributed by atoms with Crippen molar-refractivity contribution in [1.82, 2.24) is 4.90 Å². The Morgan fingerprint density at radius 1 is 1.38 bits per heavy atom. The number of amides is 1. The summed E-state index contributed by atoms with van der Waals surface area (Å²) >= 11 is 5.81. The number of carbonyl (C=O) groups excluding carboxylic acids is 1. The van der Waals surface area contributed by atoms with Crippen molar-refractivity contribution in [1.29, 1.82) is 0 Å². The first kappa shape index (κ1) is 18.6. The molecule has 1 saturated heterocycles. The van der Waals surface area contributed by atoms with Gasteiger partial charge in [-0.2, -0.15) is 0 Å². The van der Waals surface area contributed by atoms with E-state index in [1.807, 2.05) is 0 Å². The molecule has 140 valence electrons. The molecule has 0 bridgehead atoms. The first-order valence-corrected chi connectivity index (χ1v) is 8.77. The second-order valence-corrected chi connectivity index (χ2v) is 7.30. The van der Waals surface area contributed by atoms with Gasteiger partial charge in [-0.15, -0.1) is 0 Å². The second-order valence-electron chi connectivity index (χ2n) is 6.89. The van der Waals surface area contributed by atoms with E-state index in [-0.39, 0.29) is 17.2 Å². The van der Waals surface area contributed by atoms with Gasteiger partial charge in [0.15, 0.2) is 6.04 Å². The van der Waals surface area contributed by atoms with Crippen molar-refractivity contribution in [3.05, 3.63) is 38.9 Å². The Bertz CT molecular complexity index is 760. The lowest BCUT2D eigenvalue weighted by molar-refractivity contribution is -0.384. The van der Waals surface area contributed by atoms with Gasteiger partial charge >= 0.3 is 5.97 Å². The Morgan fingerprint density at radius 2 is 2.04 bits per heavy atom. The van der Waals surface area contributed by atoms with Crippen LogP contribution in [-0.4, -0.2) is 45.2 Å². The fourth-order valence-corrected chi connectivity index (χ4v) is 3.88. The van der Waals surface area contributed by atoms with Crippen LogP contribution in [0.15, 0.2) is 18.2 Å². The van der Waals surface area contributed by atoms with Crippen molar-refractivity contribution in [2.24, 2.45) is 5.92 Å². The predicted molar refractivity (Wildman–Crippen MR) is 92.0 cm³/mol. The maximum atomic E-state index is 13.1. The summed E-state index contributed by atoms with van der Waals surface area (Å²) in [7, 11) is 0. The fraction of sp³-hybridized carbons (Fsp3) is 0.529. The molecule has 26 heavy (non-hydrogen) atoms. The Balaban J connectivity index is 1.99. The van der Waals surface area contributed by atoms with Crippen molar-refractivity contribution in [3.8, 4) is 0 Å². The minimum absolute atomic E-state index is 0.0239. The van der Waals surface area contributed by atoms with Crippen molar-refractivity contribution < 1.29 is 24.4 Å². The van der Waals surface area contributed by atoms with E-state index < -0.39 is 34.3 Å². The van der Waals surface area contributed by atoms with Crippen LogP contribution >= 0.6 is 11.6 Å². The van der Waals surface area contributed by atoms with Crippen LogP contribution in [0.3, 0.4) is 0 Å². The van der Waals surface area contributed by atoms with Gasteiger partial charge in [-0.1, -0.05) is 18.5 Å². The number of hydrogen-bond acceptors (Lipinski definition) is 5. The maximum absolute atomic E-state index is 13.1. The van der Waals surface area contributed by atoms with Crippen LogP contribution in [0.1, 0.15) is 43.0 Å². The second kappa shape index (κ2) is 6.85. The summed E-state index contributed by atoms with van der Waals surface area (Å²) in [6, 6.07) is 2.61. The number of rotatable bonds is 3. The van der Waals surface area contributed by atoms with Gasteiger partial charge in [0, 0.05) is 11.6 Å². The first-order valence-electron chi connectivity index (χ1n) is 8.39. The van der Waals surface area contributed by atoms with Crippen LogP contribution in [0.2, 0.25) is 5.02 Å². The molecule has 0 unspecified atom stereocenters. The standard InChI is InChI=1S/C17H19ClN2O6/c1-10-4-6-17(7-5-10)19(14(9-26-17)16(22)23)15(21)11-2-3-12(18)13(8-11)20(24)25/h2-3,8,10,14H,4-7,9H2,1H3,(H,22,23)/t10?,14-,17?/m0/s1. The quantitative estimate of drug-likeness (QED) is 0.635. The number of halogens is 1. The molecular weight excluding hydrogens is 364 g/mol. The number of carbonyl (C=O) groups is 2. The van der Waals surface area contributed by atoms with Crippen molar-refractivity contribution in [3.63, 3.8) is 0 Å². The summed E-state index contributed by atoms with van der Waals surface area (Å²) in [6.07, 6.45) is 2.71. The minimum Gasteiger partial charge on any atom is -0.480 e. The molecule has 1 saturated carbocycles. The first-order chi connectivity index (χ1) is 12.2. The number of carboxylic acid groups (broad SMARTS) is 1. The minimum atomic E-state index is -1.16. The fourth-order valence-electron chi connectivity index (χ4n) is 3.69. The summed E-state index contributed by atoms with van der Waals surface area (Å²) in [5, 5.41) is 20.5. The summed E-state index contributed by atoms with van der Waals surface area (Å²) in [4.78, 5) is 36.5. The van der Waals surface area contributed by atoms with E-state index in [1.165, 1.54) is 17.0 Å². The van der Waals surface area contributed by atoms with Crippen LogP contribution < -0.4 is 0 Å². The molecule has 8 nitrogen and oxygen atoms in total. The Labute approximate surface area is 154 Å². The normalized spacial score (nSPS) is 28.3. The molecule has 9 heteroatoms. The van der Waals surface area contributed by atoms with E-state index in [4.69, 9.17) is 16.3 Å². The van der Waals surface area contributed by atoms with E-state index in [2.05, 4.69) is 6.92 Å². The third-order valence-corrected chi connectivity index (χ3v) is 5.53. The highest BCUT2D eigenvalue weighted by atomic mass is 35.5. The number of aliphatic carboxylic acids is 1. The lowest BCUT2D eigenvalue weighted by Gasteiger charge is -2.42. The summed E-state index contributed by atoms with van der Waals surface area (Å²) in [5.41, 5.74) is -1.34. The van der Waals surface area contributed by atoms with Crippen molar-refractivity contribution >= 4 is 29.2 Å². The van der Waals surface area contributed by atoms with Crippen LogP contribution in [-0.2, 0) is 9.53 Å². The highest BCUT2D eigenvalue weighted by Crippen LogP contribution is 2.43. The largest absolute Gasteiger partial charge is 0.480 e. The van der Waals surface area contributed by atoms with E-state index in [0.29, 0.717) is 18.8 Å². The number of nitro benzene ring substituents is 1. The van der Waals surface area contributed by atoms with E-state index >= 15 is 0 Å². The maximum Gasteiger partial charge on any atom is 0.328 e. The van der Waals surface area contributed by atoms with Crippen LogP contribution in [0.4, 0.5) is 5.69 Å². The molecular formula is C17H19ClN2O6. The molecule has 0 aromatic heterocycles. The molecule has 1 aromatic carbocycles. The number of hydrogen-bond donors (Lipinski definition) is 1. The van der Waals surface area contributed by atoms with Crippen LogP contribution in [0, 0.1) is 16.0 Å². The zero-order valence-electron chi connectivity index (χ0n) is 14.2. The summed E-state index contributed by atoms with van der Waals surface area (Å²) in [5.74, 6) is -1.27. The highest BCUT2D eigenvalue weighted by molar-refractivity contribution is 6.32. The summed E-state index contributed by atoms with van der Waals surface area (Å²) < 4.78 is 5.82. The van der Waals surface area contributed by atoms with Gasteiger partial charge in [-0.3, -0.25) is 19.8 Å². The number of nitrogens with zero attached hydrogens (tertiary/aromatic N) is 2. The molecule has 1 N–H and O–H groups in total. The predicted octanol–water partition coefficient (Wildman–Crippen LogP) is 3.08. The molecule has 1 aliphatic carbocycles. The van der Waals surface area contributed by atoms with Gasteiger partial charge in [-0.05, 0) is 43.7 Å². The number of carboxylic acids is 1. The third-order valence-electron chi connectivity index (χ3n) is 5.21. The Hall–Kier alpha value is -2.19. The molecule has 2 fully saturated rings. The highest BCUT2D eigenvalue weighted by Gasteiger charge is 2.53.